The number of hydrogen-bond donors (Lipinski definition) is 2. The summed E-state index contributed by atoms with van der Waals surface area (Å²) in [6, 6.07) is 13.9. The summed E-state index contributed by atoms with van der Waals surface area (Å²) in [5, 5.41) is 11.4. The Labute approximate surface area is 183 Å². The lowest BCUT2D eigenvalue weighted by molar-refractivity contribution is -0.147. The van der Waals surface area contributed by atoms with E-state index < -0.39 is 36.6 Å². The maximum absolute atomic E-state index is 12.2. The summed E-state index contributed by atoms with van der Waals surface area (Å²) >= 11 is 0. The minimum absolute atomic E-state index is 0.0233. The average molecular weight is 439 g/mol. The predicted molar refractivity (Wildman–Crippen MR) is 112 cm³/mol. The van der Waals surface area contributed by atoms with Gasteiger partial charge in [0.1, 0.15) is 19.3 Å². The van der Waals surface area contributed by atoms with Gasteiger partial charge in [0.05, 0.1) is 6.42 Å². The van der Waals surface area contributed by atoms with E-state index in [-0.39, 0.29) is 19.1 Å². The maximum Gasteiger partial charge on any atom is 0.516 e. The standard InChI is InChI=1S/C23H21NO8/c1-2-11-30-23(29)32-20(25)12-19(21(26)27)24-22(28)31-13-18-16-9-5-3-7-14(16)15-8-4-6-10-17(15)18/h2-10,18-19H,1,11-13H2,(H,24,28)(H,26,27)/t19-/m0/s1. The van der Waals surface area contributed by atoms with Crippen LogP contribution in [0.4, 0.5) is 9.59 Å². The monoisotopic (exact) mass is 439 g/mol. The SMILES string of the molecule is C=CCOC(=O)OC(=O)C[C@H](NC(=O)OCC1c2ccccc2-c2ccccc21)C(=O)O. The number of aliphatic carboxylic acids is 1. The van der Waals surface area contributed by atoms with Crippen LogP contribution in [0, 0.1) is 0 Å². The predicted octanol–water partition coefficient (Wildman–Crippen LogP) is 3.23. The van der Waals surface area contributed by atoms with Crippen molar-refractivity contribution in [1.82, 2.24) is 5.32 Å². The smallest absolute Gasteiger partial charge is 0.480 e. The quantitative estimate of drug-likeness (QED) is 0.364. The van der Waals surface area contributed by atoms with Crippen molar-refractivity contribution in [2.24, 2.45) is 0 Å². The Hall–Kier alpha value is -4.14. The highest BCUT2D eigenvalue weighted by Crippen LogP contribution is 2.44. The first-order valence-electron chi connectivity index (χ1n) is 9.73. The van der Waals surface area contributed by atoms with Gasteiger partial charge in [-0.1, -0.05) is 61.2 Å². The number of nitrogens with one attached hydrogen (secondary N) is 1. The summed E-state index contributed by atoms with van der Waals surface area (Å²) < 4.78 is 14.1. The number of carboxylic acids is 1. The van der Waals surface area contributed by atoms with Crippen molar-refractivity contribution in [1.29, 1.82) is 0 Å². The van der Waals surface area contributed by atoms with Crippen molar-refractivity contribution < 1.29 is 38.5 Å². The molecule has 1 aliphatic rings. The number of ether oxygens (including phenoxy) is 3. The van der Waals surface area contributed by atoms with E-state index in [9.17, 15) is 24.3 Å². The molecular weight excluding hydrogens is 418 g/mol. The first-order valence-corrected chi connectivity index (χ1v) is 9.73. The van der Waals surface area contributed by atoms with Crippen LogP contribution in [0.5, 0.6) is 0 Å². The third-order valence-electron chi connectivity index (χ3n) is 4.82. The van der Waals surface area contributed by atoms with Crippen molar-refractivity contribution in [3.8, 4) is 11.1 Å². The highest BCUT2D eigenvalue weighted by Gasteiger charge is 2.30. The number of carbonyl (C=O) groups is 4. The number of alkyl carbamates (subject to hydrolysis) is 1. The highest BCUT2D eigenvalue weighted by atomic mass is 16.7. The lowest BCUT2D eigenvalue weighted by atomic mass is 9.98. The van der Waals surface area contributed by atoms with Gasteiger partial charge in [-0.3, -0.25) is 4.79 Å². The van der Waals surface area contributed by atoms with Crippen LogP contribution < -0.4 is 5.32 Å². The molecule has 1 aliphatic carbocycles. The zero-order chi connectivity index (χ0) is 23.1. The van der Waals surface area contributed by atoms with E-state index in [1.165, 1.54) is 6.08 Å². The summed E-state index contributed by atoms with van der Waals surface area (Å²) in [5.74, 6) is -2.87. The lowest BCUT2D eigenvalue weighted by Crippen LogP contribution is -2.43. The van der Waals surface area contributed by atoms with Gasteiger partial charge in [0.25, 0.3) is 0 Å². The minimum atomic E-state index is -1.65. The molecule has 1 atom stereocenters. The highest BCUT2D eigenvalue weighted by molar-refractivity contribution is 5.88. The number of carboxylic acid groups (broad SMARTS) is 1. The molecule has 0 bridgehead atoms. The molecule has 0 fully saturated rings. The van der Waals surface area contributed by atoms with Crippen LogP contribution in [-0.4, -0.2) is 48.5 Å². The molecule has 0 unspecified atom stereocenters. The Bertz CT molecular complexity index is 1000. The second kappa shape index (κ2) is 10.3. The number of esters is 1. The summed E-state index contributed by atoms with van der Waals surface area (Å²) in [6.07, 6.45) is -1.82. The zero-order valence-corrected chi connectivity index (χ0v) is 17.0. The van der Waals surface area contributed by atoms with Crippen molar-refractivity contribution in [3.05, 3.63) is 72.3 Å². The molecule has 0 heterocycles. The van der Waals surface area contributed by atoms with Crippen LogP contribution in [0.1, 0.15) is 23.5 Å². The van der Waals surface area contributed by atoms with Crippen LogP contribution in [0.3, 0.4) is 0 Å². The summed E-state index contributed by atoms with van der Waals surface area (Å²) in [7, 11) is 0. The molecule has 2 N–H and O–H groups in total. The molecule has 0 aliphatic heterocycles. The molecule has 2 aromatic rings. The normalized spacial score (nSPS) is 12.6. The number of rotatable bonds is 8. The Morgan fingerprint density at radius 3 is 2.16 bits per heavy atom. The van der Waals surface area contributed by atoms with E-state index in [0.29, 0.717) is 0 Å². The number of carbonyl (C=O) groups excluding carboxylic acids is 3. The molecule has 2 aromatic carbocycles. The Balaban J connectivity index is 1.58. The van der Waals surface area contributed by atoms with Crippen molar-refractivity contribution in [2.45, 2.75) is 18.4 Å². The molecule has 32 heavy (non-hydrogen) atoms. The van der Waals surface area contributed by atoms with Gasteiger partial charge in [-0.15, -0.1) is 0 Å². The minimum Gasteiger partial charge on any atom is -0.480 e. The van der Waals surface area contributed by atoms with E-state index in [1.54, 1.807) is 0 Å². The first kappa shape index (κ1) is 22.5. The van der Waals surface area contributed by atoms with Crippen molar-refractivity contribution >= 4 is 24.2 Å². The molecule has 0 aromatic heterocycles. The van der Waals surface area contributed by atoms with Crippen molar-refractivity contribution in [3.63, 3.8) is 0 Å². The molecule has 9 nitrogen and oxygen atoms in total. The largest absolute Gasteiger partial charge is 0.516 e. The van der Waals surface area contributed by atoms with Crippen LogP contribution in [0.2, 0.25) is 0 Å². The van der Waals surface area contributed by atoms with Gasteiger partial charge >= 0.3 is 24.2 Å². The topological polar surface area (TPSA) is 128 Å². The third-order valence-corrected chi connectivity index (χ3v) is 4.82. The molecule has 9 heteroatoms. The molecule has 1 amide bonds. The molecular formula is C23H21NO8. The number of fused-ring (bicyclic) bond motifs is 3. The van der Waals surface area contributed by atoms with Crippen LogP contribution in [0.15, 0.2) is 61.2 Å². The first-order chi connectivity index (χ1) is 15.4. The number of benzene rings is 2. The van der Waals surface area contributed by atoms with E-state index in [2.05, 4.69) is 21.4 Å². The van der Waals surface area contributed by atoms with Gasteiger partial charge in [0, 0.05) is 5.92 Å². The van der Waals surface area contributed by atoms with Gasteiger partial charge in [0.15, 0.2) is 0 Å². The second-order valence-corrected chi connectivity index (χ2v) is 6.89. The van der Waals surface area contributed by atoms with Crippen LogP contribution >= 0.6 is 0 Å². The van der Waals surface area contributed by atoms with Gasteiger partial charge in [-0.05, 0) is 22.3 Å². The molecule has 0 radical (unpaired) electrons. The van der Waals surface area contributed by atoms with Gasteiger partial charge in [-0.25, -0.2) is 14.4 Å². The van der Waals surface area contributed by atoms with E-state index in [0.717, 1.165) is 22.3 Å². The molecule has 166 valence electrons. The van der Waals surface area contributed by atoms with Crippen LogP contribution in [0.25, 0.3) is 11.1 Å². The molecule has 0 saturated carbocycles. The van der Waals surface area contributed by atoms with Gasteiger partial charge in [-0.2, -0.15) is 0 Å². The average Bonchev–Trinajstić information content (AvgIpc) is 3.09. The third kappa shape index (κ3) is 5.31. The van der Waals surface area contributed by atoms with E-state index in [4.69, 9.17) is 4.74 Å². The van der Waals surface area contributed by atoms with Crippen molar-refractivity contribution in [2.75, 3.05) is 13.2 Å². The van der Waals surface area contributed by atoms with Gasteiger partial charge < -0.3 is 24.6 Å². The second-order valence-electron chi connectivity index (χ2n) is 6.89. The summed E-state index contributed by atoms with van der Waals surface area (Å²) in [6.45, 7) is 3.13. The Morgan fingerprint density at radius 2 is 1.59 bits per heavy atom. The lowest BCUT2D eigenvalue weighted by Gasteiger charge is -2.17. The zero-order valence-electron chi connectivity index (χ0n) is 17.0. The summed E-state index contributed by atoms with van der Waals surface area (Å²) in [5.41, 5.74) is 4.09. The Morgan fingerprint density at radius 1 is 1.00 bits per heavy atom. The summed E-state index contributed by atoms with van der Waals surface area (Å²) in [4.78, 5) is 46.7. The number of amides is 1. The van der Waals surface area contributed by atoms with E-state index in [1.807, 2.05) is 48.5 Å². The van der Waals surface area contributed by atoms with Gasteiger partial charge in [0.2, 0.25) is 0 Å². The van der Waals surface area contributed by atoms with Crippen LogP contribution in [-0.2, 0) is 23.8 Å². The molecule has 3 rings (SSSR count). The number of hydrogen-bond acceptors (Lipinski definition) is 7. The fourth-order valence-corrected chi connectivity index (χ4v) is 3.44. The fourth-order valence-electron chi connectivity index (χ4n) is 3.44. The van der Waals surface area contributed by atoms with E-state index >= 15 is 0 Å². The molecule has 0 spiro atoms. The Kier molecular flexibility index (Phi) is 7.22. The fraction of sp³-hybridized carbons (Fsp3) is 0.217. The molecule has 0 saturated heterocycles. The maximum atomic E-state index is 12.2.